The van der Waals surface area contributed by atoms with Gasteiger partial charge in [-0.3, -0.25) is 4.79 Å². The summed E-state index contributed by atoms with van der Waals surface area (Å²) in [5.74, 6) is -1.67. The van der Waals surface area contributed by atoms with Crippen LogP contribution < -0.4 is 0 Å². The van der Waals surface area contributed by atoms with Crippen LogP contribution in [0.5, 0.6) is 0 Å². The fourth-order valence-electron chi connectivity index (χ4n) is 3.94. The Balaban J connectivity index is 3.33. The molecule has 0 aromatic rings. The molecule has 1 aliphatic rings. The average molecular weight is 417 g/mol. The lowest BCUT2D eigenvalue weighted by molar-refractivity contribution is -0.132. The molecule has 0 aromatic carbocycles. The summed E-state index contributed by atoms with van der Waals surface area (Å²) >= 11 is 0. The summed E-state index contributed by atoms with van der Waals surface area (Å²) in [5.41, 5.74) is 2.07. The molecule has 166 valence electrons. The van der Waals surface area contributed by atoms with E-state index in [1.807, 2.05) is 13.8 Å². The number of aliphatic hydroxyl groups excluding tert-OH is 1. The van der Waals surface area contributed by atoms with Gasteiger partial charge < -0.3 is 14.6 Å². The van der Waals surface area contributed by atoms with Gasteiger partial charge in [-0.05, 0) is 71.3 Å². The summed E-state index contributed by atoms with van der Waals surface area (Å²) in [6, 6.07) is 0. The lowest BCUT2D eigenvalue weighted by Gasteiger charge is -2.38. The van der Waals surface area contributed by atoms with E-state index >= 15 is 0 Å². The standard InChI is InChI=1S/C25H36O5/c1-17(2)8-7-11-25(6)12-9-20(16-26)24(29)21(15-19(5)27)22(25)10-13-30-23(28)14-18(3)4/h8-10,13-14,21-22,26H,7,11-12,15-16H2,1-6H3/b13-10+/t21-,22+,25+/m1/s1. The second-order valence-electron chi connectivity index (χ2n) is 8.96. The number of aliphatic hydroxyl groups is 1. The minimum Gasteiger partial charge on any atom is -0.432 e. The zero-order valence-electron chi connectivity index (χ0n) is 19.2. The van der Waals surface area contributed by atoms with Gasteiger partial charge in [0, 0.05) is 24.0 Å². The molecule has 0 bridgehead atoms. The van der Waals surface area contributed by atoms with Crippen LogP contribution in [0.1, 0.15) is 67.2 Å². The van der Waals surface area contributed by atoms with Crippen molar-refractivity contribution < 1.29 is 24.2 Å². The van der Waals surface area contributed by atoms with Crippen LogP contribution >= 0.6 is 0 Å². The number of ketones is 2. The molecule has 0 saturated carbocycles. The highest BCUT2D eigenvalue weighted by atomic mass is 16.5. The first-order valence-corrected chi connectivity index (χ1v) is 10.5. The molecule has 0 fully saturated rings. The number of esters is 1. The fourth-order valence-corrected chi connectivity index (χ4v) is 3.94. The van der Waals surface area contributed by atoms with Crippen molar-refractivity contribution in [2.45, 2.75) is 67.2 Å². The third-order valence-corrected chi connectivity index (χ3v) is 5.53. The highest BCUT2D eigenvalue weighted by Gasteiger charge is 2.43. The van der Waals surface area contributed by atoms with Gasteiger partial charge in [0.2, 0.25) is 0 Å². The van der Waals surface area contributed by atoms with Crippen LogP contribution in [-0.2, 0) is 19.1 Å². The van der Waals surface area contributed by atoms with Crippen LogP contribution in [0, 0.1) is 17.3 Å². The Hall–Kier alpha value is -2.27. The zero-order valence-corrected chi connectivity index (χ0v) is 19.2. The van der Waals surface area contributed by atoms with Gasteiger partial charge in [0.25, 0.3) is 0 Å². The molecule has 30 heavy (non-hydrogen) atoms. The van der Waals surface area contributed by atoms with Crippen LogP contribution in [-0.4, -0.2) is 29.2 Å². The minimum atomic E-state index is -0.599. The van der Waals surface area contributed by atoms with E-state index in [9.17, 15) is 19.5 Å². The molecule has 0 aliphatic heterocycles. The molecular weight excluding hydrogens is 380 g/mol. The average Bonchev–Trinajstić information content (AvgIpc) is 2.71. The van der Waals surface area contributed by atoms with Crippen molar-refractivity contribution >= 4 is 17.5 Å². The summed E-state index contributed by atoms with van der Waals surface area (Å²) in [7, 11) is 0. The highest BCUT2D eigenvalue weighted by Crippen LogP contribution is 2.46. The maximum atomic E-state index is 13.1. The number of carbonyl (C=O) groups is 3. The Kier molecular flexibility index (Phi) is 10.1. The molecule has 0 spiro atoms. The van der Waals surface area contributed by atoms with E-state index in [1.54, 1.807) is 26.0 Å². The molecule has 0 radical (unpaired) electrons. The molecule has 5 heteroatoms. The van der Waals surface area contributed by atoms with Gasteiger partial charge in [-0.1, -0.05) is 30.2 Å². The molecular formula is C25H36O5. The van der Waals surface area contributed by atoms with Gasteiger partial charge in [-0.25, -0.2) is 4.79 Å². The van der Waals surface area contributed by atoms with E-state index in [0.29, 0.717) is 12.0 Å². The highest BCUT2D eigenvalue weighted by molar-refractivity contribution is 6.00. The Morgan fingerprint density at radius 3 is 2.40 bits per heavy atom. The van der Waals surface area contributed by atoms with Crippen LogP contribution in [0.2, 0.25) is 0 Å². The molecule has 0 heterocycles. The molecule has 3 atom stereocenters. The van der Waals surface area contributed by atoms with Gasteiger partial charge in [0.05, 0.1) is 12.9 Å². The third kappa shape index (κ3) is 7.86. The first-order valence-electron chi connectivity index (χ1n) is 10.5. The monoisotopic (exact) mass is 416 g/mol. The van der Waals surface area contributed by atoms with Crippen molar-refractivity contribution in [1.29, 1.82) is 0 Å². The van der Waals surface area contributed by atoms with Crippen molar-refractivity contribution in [1.82, 2.24) is 0 Å². The van der Waals surface area contributed by atoms with E-state index in [0.717, 1.165) is 18.4 Å². The maximum absolute atomic E-state index is 13.1. The van der Waals surface area contributed by atoms with Gasteiger partial charge in [0.1, 0.15) is 5.78 Å². The quantitative estimate of drug-likeness (QED) is 0.251. The fraction of sp³-hybridized carbons (Fsp3) is 0.560. The second-order valence-corrected chi connectivity index (χ2v) is 8.96. The summed E-state index contributed by atoms with van der Waals surface area (Å²) in [6.45, 7) is 10.9. The largest absolute Gasteiger partial charge is 0.432 e. The number of rotatable bonds is 9. The third-order valence-electron chi connectivity index (χ3n) is 5.53. The lowest BCUT2D eigenvalue weighted by Crippen LogP contribution is -2.35. The van der Waals surface area contributed by atoms with Crippen molar-refractivity contribution in [3.05, 3.63) is 47.3 Å². The molecule has 1 N–H and O–H groups in total. The molecule has 1 rings (SSSR count). The lowest BCUT2D eigenvalue weighted by atomic mass is 9.65. The van der Waals surface area contributed by atoms with E-state index in [4.69, 9.17) is 4.74 Å². The number of ether oxygens (including phenoxy) is 1. The number of Topliss-reactive ketones (excluding diaryl/α,β-unsaturated/α-hetero) is 2. The normalized spacial score (nSPS) is 24.1. The van der Waals surface area contributed by atoms with Crippen LogP contribution in [0.25, 0.3) is 0 Å². The molecule has 0 amide bonds. The SMILES string of the molecule is CC(=O)C[C@H]1C(=O)C(CO)=CC[C@](C)(CCC=C(C)C)[C@H]1/C=C/OC(=O)C=C(C)C. The Labute approximate surface area is 180 Å². The summed E-state index contributed by atoms with van der Waals surface area (Å²) in [5, 5.41) is 9.70. The molecule has 0 aromatic heterocycles. The zero-order chi connectivity index (χ0) is 22.9. The predicted molar refractivity (Wildman–Crippen MR) is 119 cm³/mol. The predicted octanol–water partition coefficient (Wildman–Crippen LogP) is 4.87. The van der Waals surface area contributed by atoms with E-state index in [1.165, 1.54) is 24.8 Å². The smallest absolute Gasteiger partial charge is 0.335 e. The van der Waals surface area contributed by atoms with E-state index in [-0.39, 0.29) is 35.9 Å². The first kappa shape index (κ1) is 25.8. The van der Waals surface area contributed by atoms with Crippen molar-refractivity contribution in [2.24, 2.45) is 17.3 Å². The van der Waals surface area contributed by atoms with Gasteiger partial charge >= 0.3 is 5.97 Å². The topological polar surface area (TPSA) is 80.7 Å². The number of hydrogen-bond donors (Lipinski definition) is 1. The van der Waals surface area contributed by atoms with E-state index in [2.05, 4.69) is 13.0 Å². The Bertz CT molecular complexity index is 760. The van der Waals surface area contributed by atoms with Crippen molar-refractivity contribution in [3.63, 3.8) is 0 Å². The van der Waals surface area contributed by atoms with Gasteiger partial charge in [-0.2, -0.15) is 0 Å². The summed E-state index contributed by atoms with van der Waals surface area (Å²) < 4.78 is 5.20. The second kappa shape index (κ2) is 11.8. The first-order chi connectivity index (χ1) is 14.0. The van der Waals surface area contributed by atoms with E-state index < -0.39 is 11.9 Å². The Morgan fingerprint density at radius 1 is 1.20 bits per heavy atom. The summed E-state index contributed by atoms with van der Waals surface area (Å²) in [6.07, 6.45) is 10.8. The van der Waals surface area contributed by atoms with Crippen LogP contribution in [0.15, 0.2) is 47.3 Å². The van der Waals surface area contributed by atoms with Crippen LogP contribution in [0.4, 0.5) is 0 Å². The number of allylic oxidation sites excluding steroid dienone is 5. The molecule has 5 nitrogen and oxygen atoms in total. The maximum Gasteiger partial charge on any atom is 0.335 e. The minimum absolute atomic E-state index is 0.0841. The number of carbonyl (C=O) groups excluding carboxylic acids is 3. The van der Waals surface area contributed by atoms with Crippen molar-refractivity contribution in [3.8, 4) is 0 Å². The van der Waals surface area contributed by atoms with Crippen LogP contribution in [0.3, 0.4) is 0 Å². The number of hydrogen-bond acceptors (Lipinski definition) is 5. The molecule has 0 saturated heterocycles. The Morgan fingerprint density at radius 2 is 1.87 bits per heavy atom. The molecule has 0 unspecified atom stereocenters. The molecule has 1 aliphatic carbocycles. The summed E-state index contributed by atoms with van der Waals surface area (Å²) in [4.78, 5) is 36.9. The van der Waals surface area contributed by atoms with Crippen molar-refractivity contribution in [2.75, 3.05) is 6.61 Å². The van der Waals surface area contributed by atoms with Gasteiger partial charge in [-0.15, -0.1) is 0 Å². The van der Waals surface area contributed by atoms with Gasteiger partial charge in [0.15, 0.2) is 5.78 Å².